The van der Waals surface area contributed by atoms with Crippen LogP contribution < -0.4 is 10.6 Å². The van der Waals surface area contributed by atoms with Crippen LogP contribution in [0.3, 0.4) is 0 Å². The summed E-state index contributed by atoms with van der Waals surface area (Å²) in [5, 5.41) is 13.2. The molecule has 0 unspecified atom stereocenters. The summed E-state index contributed by atoms with van der Waals surface area (Å²) in [6.45, 7) is 3.90. The number of nitrogens with zero attached hydrogens (tertiary/aromatic N) is 6. The molecule has 2 fully saturated rings. The van der Waals surface area contributed by atoms with Crippen LogP contribution in [0.1, 0.15) is 17.5 Å². The second kappa shape index (κ2) is 7.79. The lowest BCUT2D eigenvalue weighted by molar-refractivity contribution is 0.543. The van der Waals surface area contributed by atoms with E-state index in [0.29, 0.717) is 35.7 Å². The maximum absolute atomic E-state index is 14.0. The maximum atomic E-state index is 14.0. The quantitative estimate of drug-likeness (QED) is 0.389. The summed E-state index contributed by atoms with van der Waals surface area (Å²) in [4.78, 5) is 11.8. The number of nitrogens with one attached hydrogen (secondary N) is 1. The molecule has 2 aliphatic rings. The Bertz CT molecular complexity index is 1670. The van der Waals surface area contributed by atoms with Crippen LogP contribution in [0.5, 0.6) is 0 Å². The first kappa shape index (κ1) is 22.3. The number of aromatic nitrogens is 6. The van der Waals surface area contributed by atoms with Gasteiger partial charge in [0.05, 0.1) is 17.4 Å². The van der Waals surface area contributed by atoms with E-state index < -0.39 is 17.0 Å². The number of hydrogen-bond donors (Lipinski definition) is 2. The Morgan fingerprint density at radius 3 is 2.76 bits per heavy atom. The van der Waals surface area contributed by atoms with Gasteiger partial charge in [-0.1, -0.05) is 6.07 Å². The van der Waals surface area contributed by atoms with E-state index in [1.54, 1.807) is 6.20 Å². The summed E-state index contributed by atoms with van der Waals surface area (Å²) in [6.07, 6.45) is 4.67. The van der Waals surface area contributed by atoms with Gasteiger partial charge in [-0.05, 0) is 54.5 Å². The molecule has 0 amide bonds. The predicted octanol–water partition coefficient (Wildman–Crippen LogP) is 3.85. The molecule has 0 spiro atoms. The number of anilines is 1. The van der Waals surface area contributed by atoms with Crippen molar-refractivity contribution < 1.29 is 8.78 Å². The predicted molar refractivity (Wildman–Crippen MR) is 137 cm³/mol. The summed E-state index contributed by atoms with van der Waals surface area (Å²) in [6, 6.07) is 7.80. The summed E-state index contributed by atoms with van der Waals surface area (Å²) in [5.41, 5.74) is 11.6. The molecular weight excluding hydrogens is 474 g/mol. The van der Waals surface area contributed by atoms with Gasteiger partial charge in [0.15, 0.2) is 0 Å². The second-order valence-corrected chi connectivity index (χ2v) is 10.3. The molecule has 4 heterocycles. The van der Waals surface area contributed by atoms with E-state index in [0.717, 1.165) is 52.6 Å². The van der Waals surface area contributed by atoms with Gasteiger partial charge in [-0.3, -0.25) is 9.78 Å². The fourth-order valence-electron chi connectivity index (χ4n) is 6.60. The maximum Gasteiger partial charge on any atom is 0.202 e. The zero-order valence-electron chi connectivity index (χ0n) is 20.5. The fourth-order valence-corrected chi connectivity index (χ4v) is 6.60. The Hall–Kier alpha value is -3.92. The first-order valence-corrected chi connectivity index (χ1v) is 12.4. The molecule has 3 N–H and O–H groups in total. The number of aryl methyl sites for hydroxylation is 2. The van der Waals surface area contributed by atoms with Gasteiger partial charge in [-0.25, -0.2) is 18.7 Å². The molecule has 1 aliphatic carbocycles. The van der Waals surface area contributed by atoms with Gasteiger partial charge in [-0.15, -0.1) is 0 Å². The Morgan fingerprint density at radius 2 is 1.97 bits per heavy atom. The summed E-state index contributed by atoms with van der Waals surface area (Å²) in [5.74, 6) is 0.119. The molecule has 3 atom stereocenters. The van der Waals surface area contributed by atoms with Crippen LogP contribution >= 0.6 is 0 Å². The largest absolute Gasteiger partial charge is 0.355 e. The molecular formula is C27H26F2N8. The average Bonchev–Trinajstić information content (AvgIpc) is 3.11. The van der Waals surface area contributed by atoms with Crippen LogP contribution in [-0.2, 0) is 12.5 Å². The fraction of sp³-hybridized carbons (Fsp3) is 0.333. The van der Waals surface area contributed by atoms with Crippen molar-refractivity contribution in [2.24, 2.45) is 24.6 Å². The Labute approximate surface area is 211 Å². The van der Waals surface area contributed by atoms with Crippen molar-refractivity contribution in [3.8, 4) is 11.3 Å². The van der Waals surface area contributed by atoms with E-state index in [9.17, 15) is 8.78 Å². The number of halogens is 2. The number of benzene rings is 2. The van der Waals surface area contributed by atoms with E-state index in [-0.39, 0.29) is 5.92 Å². The van der Waals surface area contributed by atoms with Crippen LogP contribution in [0.15, 0.2) is 42.7 Å². The highest BCUT2D eigenvalue weighted by molar-refractivity contribution is 5.94. The smallest absolute Gasteiger partial charge is 0.202 e. The molecule has 0 bridgehead atoms. The van der Waals surface area contributed by atoms with Gasteiger partial charge < -0.3 is 10.6 Å². The van der Waals surface area contributed by atoms with Crippen LogP contribution in [0.4, 0.5) is 14.6 Å². The third-order valence-corrected chi connectivity index (χ3v) is 8.48. The van der Waals surface area contributed by atoms with Crippen molar-refractivity contribution in [3.63, 3.8) is 0 Å². The number of aromatic amines is 1. The molecule has 10 heteroatoms. The normalized spacial score (nSPS) is 23.1. The standard InChI is InChI=1S/C27H26F2N8/c1-14-18(3-4-22-19(14)11-36(2)35-22)24-25-26(34-33-24)32-23(10-31-25)37-6-5-20-21(12-37)27(20,13-30)15-7-16(28)9-17(29)8-15/h3-4,7-11,20-21H,5-6,12-13,30H2,1-2H3,(H,32,33,34)/t20-,21+,27+/m1/s1. The van der Waals surface area contributed by atoms with Gasteiger partial charge in [0.2, 0.25) is 5.65 Å². The number of nitrogens with two attached hydrogens (primary N) is 1. The number of rotatable bonds is 4. The third-order valence-electron chi connectivity index (χ3n) is 8.48. The number of piperidine rings is 1. The molecule has 1 aliphatic heterocycles. The van der Waals surface area contributed by atoms with Gasteiger partial charge in [0, 0.05) is 55.3 Å². The van der Waals surface area contributed by atoms with Crippen molar-refractivity contribution in [1.82, 2.24) is 29.9 Å². The SMILES string of the molecule is Cc1c(-c2[nH]nc3nc(N4CC[C@@H]5[C@H](C4)[C@@]5(CN)c4cc(F)cc(F)c4)cnc23)ccc2nn(C)cc12. The summed E-state index contributed by atoms with van der Waals surface area (Å²) in [7, 11) is 1.91. The summed E-state index contributed by atoms with van der Waals surface area (Å²) >= 11 is 0. The molecule has 5 aromatic rings. The first-order chi connectivity index (χ1) is 17.9. The zero-order valence-corrected chi connectivity index (χ0v) is 20.5. The molecule has 8 nitrogen and oxygen atoms in total. The van der Waals surface area contributed by atoms with E-state index in [2.05, 4.69) is 27.1 Å². The second-order valence-electron chi connectivity index (χ2n) is 10.3. The van der Waals surface area contributed by atoms with Crippen molar-refractivity contribution in [1.29, 1.82) is 0 Å². The Balaban J connectivity index is 1.19. The lowest BCUT2D eigenvalue weighted by Gasteiger charge is -2.26. The van der Waals surface area contributed by atoms with Crippen molar-refractivity contribution in [3.05, 3.63) is 65.5 Å². The molecule has 3 aromatic heterocycles. The number of fused-ring (bicyclic) bond motifs is 3. The highest BCUT2D eigenvalue weighted by atomic mass is 19.1. The van der Waals surface area contributed by atoms with Gasteiger partial charge >= 0.3 is 0 Å². The van der Waals surface area contributed by atoms with E-state index in [1.165, 1.54) is 12.1 Å². The molecule has 2 aromatic carbocycles. The lowest BCUT2D eigenvalue weighted by Crippen LogP contribution is -2.32. The van der Waals surface area contributed by atoms with Crippen molar-refractivity contribution >= 4 is 27.9 Å². The first-order valence-electron chi connectivity index (χ1n) is 12.4. The van der Waals surface area contributed by atoms with E-state index in [1.807, 2.05) is 30.1 Å². The van der Waals surface area contributed by atoms with Crippen LogP contribution in [0, 0.1) is 30.4 Å². The average molecular weight is 501 g/mol. The van der Waals surface area contributed by atoms with Crippen molar-refractivity contribution in [2.45, 2.75) is 18.8 Å². The number of H-pyrrole nitrogens is 1. The van der Waals surface area contributed by atoms with E-state index in [4.69, 9.17) is 15.7 Å². The highest BCUT2D eigenvalue weighted by Crippen LogP contribution is 2.63. The van der Waals surface area contributed by atoms with Gasteiger partial charge in [0.1, 0.15) is 23.0 Å². The van der Waals surface area contributed by atoms with Crippen LogP contribution in [0.2, 0.25) is 0 Å². The minimum atomic E-state index is -0.563. The molecule has 37 heavy (non-hydrogen) atoms. The van der Waals surface area contributed by atoms with Gasteiger partial charge in [0.25, 0.3) is 0 Å². The topological polar surface area (TPSA) is 102 Å². The molecule has 7 rings (SSSR count). The molecule has 1 saturated carbocycles. The minimum Gasteiger partial charge on any atom is -0.355 e. The third kappa shape index (κ3) is 3.21. The van der Waals surface area contributed by atoms with Crippen LogP contribution in [-0.4, -0.2) is 49.6 Å². The monoisotopic (exact) mass is 500 g/mol. The summed E-state index contributed by atoms with van der Waals surface area (Å²) < 4.78 is 29.8. The number of hydrogen-bond acceptors (Lipinski definition) is 6. The van der Waals surface area contributed by atoms with E-state index >= 15 is 0 Å². The van der Waals surface area contributed by atoms with Gasteiger partial charge in [-0.2, -0.15) is 10.2 Å². The van der Waals surface area contributed by atoms with Crippen molar-refractivity contribution in [2.75, 3.05) is 24.5 Å². The molecule has 1 saturated heterocycles. The molecule has 0 radical (unpaired) electrons. The Morgan fingerprint density at radius 1 is 1.16 bits per heavy atom. The highest BCUT2D eigenvalue weighted by Gasteiger charge is 2.65. The Kier molecular flexibility index (Phi) is 4.69. The lowest BCUT2D eigenvalue weighted by atomic mass is 9.91. The minimum absolute atomic E-state index is 0.202. The zero-order chi connectivity index (χ0) is 25.5. The molecule has 188 valence electrons. The van der Waals surface area contributed by atoms with Crippen LogP contribution in [0.25, 0.3) is 33.3 Å².